The van der Waals surface area contributed by atoms with Crippen LogP contribution in [0.15, 0.2) is 36.8 Å². The number of fused-ring (bicyclic) bond motifs is 1. The van der Waals surface area contributed by atoms with Crippen molar-refractivity contribution >= 4 is 28.3 Å². The van der Waals surface area contributed by atoms with Crippen molar-refractivity contribution in [2.24, 2.45) is 5.92 Å². The number of rotatable bonds is 6. The van der Waals surface area contributed by atoms with Crippen LogP contribution >= 0.6 is 0 Å². The number of Topliss-reactive ketones (excluding diaryl/α,β-unsaturated/α-hetero) is 1. The summed E-state index contributed by atoms with van der Waals surface area (Å²) in [6.45, 7) is 3.94. The molecule has 3 aromatic heterocycles. The van der Waals surface area contributed by atoms with Gasteiger partial charge in [-0.1, -0.05) is 6.92 Å². The van der Waals surface area contributed by atoms with E-state index in [-0.39, 0.29) is 17.6 Å². The van der Waals surface area contributed by atoms with E-state index in [1.807, 2.05) is 32.0 Å². The molecule has 0 saturated heterocycles. The fraction of sp³-hybridized carbons (Fsp3) is 0.318. The molecule has 6 nitrogen and oxygen atoms in total. The van der Waals surface area contributed by atoms with Crippen molar-refractivity contribution in [3.63, 3.8) is 0 Å². The molecule has 6 heteroatoms. The van der Waals surface area contributed by atoms with Crippen molar-refractivity contribution in [1.82, 2.24) is 15.0 Å². The van der Waals surface area contributed by atoms with Crippen LogP contribution in [0.4, 0.5) is 5.82 Å². The topological polar surface area (TPSA) is 84.8 Å². The lowest BCUT2D eigenvalue weighted by Crippen LogP contribution is -2.14. The Kier molecular flexibility index (Phi) is 4.86. The van der Waals surface area contributed by atoms with Crippen molar-refractivity contribution in [2.45, 2.75) is 39.5 Å². The fourth-order valence-electron chi connectivity index (χ4n) is 3.16. The number of hydrogen-bond donors (Lipinski definition) is 1. The molecule has 0 aliphatic heterocycles. The first-order valence-corrected chi connectivity index (χ1v) is 9.62. The van der Waals surface area contributed by atoms with Gasteiger partial charge >= 0.3 is 0 Å². The maximum Gasteiger partial charge on any atom is 0.228 e. The van der Waals surface area contributed by atoms with Crippen LogP contribution < -0.4 is 5.32 Å². The summed E-state index contributed by atoms with van der Waals surface area (Å²) in [6, 6.07) is 5.62. The molecule has 3 heterocycles. The Morgan fingerprint density at radius 2 is 1.79 bits per heavy atom. The monoisotopic (exact) mass is 374 g/mol. The Hall–Kier alpha value is -3.15. The van der Waals surface area contributed by atoms with Gasteiger partial charge in [0.15, 0.2) is 5.78 Å². The number of nitrogens with zero attached hydrogens (tertiary/aromatic N) is 3. The number of aromatic nitrogens is 3. The van der Waals surface area contributed by atoms with Gasteiger partial charge in [0.25, 0.3) is 0 Å². The summed E-state index contributed by atoms with van der Waals surface area (Å²) in [4.78, 5) is 37.2. The number of ketones is 1. The lowest BCUT2D eigenvalue weighted by atomic mass is 10.0. The van der Waals surface area contributed by atoms with E-state index in [4.69, 9.17) is 0 Å². The summed E-state index contributed by atoms with van der Waals surface area (Å²) < 4.78 is 0. The Morgan fingerprint density at radius 3 is 2.50 bits per heavy atom. The van der Waals surface area contributed by atoms with E-state index in [1.165, 1.54) is 0 Å². The second kappa shape index (κ2) is 7.46. The highest BCUT2D eigenvalue weighted by Gasteiger charge is 2.29. The molecule has 1 saturated carbocycles. The van der Waals surface area contributed by atoms with Gasteiger partial charge < -0.3 is 5.32 Å². The van der Waals surface area contributed by atoms with Gasteiger partial charge in [-0.15, -0.1) is 0 Å². The summed E-state index contributed by atoms with van der Waals surface area (Å²) in [6.07, 6.45) is 8.46. The second-order valence-electron chi connectivity index (χ2n) is 7.31. The van der Waals surface area contributed by atoms with Crippen LogP contribution in [0.25, 0.3) is 22.0 Å². The van der Waals surface area contributed by atoms with E-state index in [9.17, 15) is 9.59 Å². The maximum absolute atomic E-state index is 12.1. The summed E-state index contributed by atoms with van der Waals surface area (Å²) in [5.41, 5.74) is 3.13. The van der Waals surface area contributed by atoms with Crippen LogP contribution in [0.3, 0.4) is 0 Å². The molecule has 0 atom stereocenters. The first-order valence-electron chi connectivity index (χ1n) is 9.62. The Morgan fingerprint density at radius 1 is 1.04 bits per heavy atom. The highest BCUT2D eigenvalue weighted by atomic mass is 16.2. The molecular formula is C22H22N4O2. The zero-order valence-electron chi connectivity index (χ0n) is 16.0. The maximum atomic E-state index is 12.1. The molecule has 0 bridgehead atoms. The van der Waals surface area contributed by atoms with E-state index in [0.29, 0.717) is 17.9 Å². The van der Waals surface area contributed by atoms with Crippen LogP contribution in [0, 0.1) is 12.8 Å². The molecule has 1 aliphatic rings. The van der Waals surface area contributed by atoms with Crippen LogP contribution in [-0.2, 0) is 4.79 Å². The van der Waals surface area contributed by atoms with Crippen molar-refractivity contribution < 1.29 is 9.59 Å². The number of carbonyl (C=O) groups excluding carboxylic acids is 2. The average molecular weight is 374 g/mol. The van der Waals surface area contributed by atoms with Gasteiger partial charge in [-0.2, -0.15) is 0 Å². The molecule has 0 unspecified atom stereocenters. The van der Waals surface area contributed by atoms with Gasteiger partial charge in [-0.3, -0.25) is 19.6 Å². The van der Waals surface area contributed by atoms with E-state index < -0.39 is 0 Å². The summed E-state index contributed by atoms with van der Waals surface area (Å²) in [5.74, 6) is 0.792. The van der Waals surface area contributed by atoms with E-state index in [2.05, 4.69) is 20.3 Å². The van der Waals surface area contributed by atoms with Gasteiger partial charge in [0.2, 0.25) is 5.91 Å². The third-order valence-corrected chi connectivity index (χ3v) is 4.95. The van der Waals surface area contributed by atoms with Crippen LogP contribution in [0.1, 0.15) is 48.7 Å². The summed E-state index contributed by atoms with van der Waals surface area (Å²) >= 11 is 0. The van der Waals surface area contributed by atoms with Gasteiger partial charge in [-0.05, 0) is 49.9 Å². The lowest BCUT2D eigenvalue weighted by Gasteiger charge is -2.09. The molecule has 1 aliphatic carbocycles. The van der Waals surface area contributed by atoms with Gasteiger partial charge in [0.05, 0.1) is 5.69 Å². The molecule has 0 aromatic carbocycles. The number of hydrogen-bond acceptors (Lipinski definition) is 5. The van der Waals surface area contributed by atoms with E-state index >= 15 is 0 Å². The minimum atomic E-state index is 0.0378. The molecule has 1 amide bonds. The van der Waals surface area contributed by atoms with Crippen molar-refractivity contribution in [3.05, 3.63) is 48.0 Å². The molecule has 3 aromatic rings. The van der Waals surface area contributed by atoms with Gasteiger partial charge in [0, 0.05) is 47.3 Å². The van der Waals surface area contributed by atoms with Crippen molar-refractivity contribution in [1.29, 1.82) is 0 Å². The summed E-state index contributed by atoms with van der Waals surface area (Å²) in [7, 11) is 0. The van der Waals surface area contributed by atoms with E-state index in [0.717, 1.165) is 46.9 Å². The van der Waals surface area contributed by atoms with Crippen LogP contribution in [-0.4, -0.2) is 26.6 Å². The highest BCUT2D eigenvalue weighted by molar-refractivity contribution is 5.96. The number of aryl methyl sites for hydroxylation is 1. The zero-order chi connectivity index (χ0) is 19.7. The Balaban J connectivity index is 1.60. The highest BCUT2D eigenvalue weighted by Crippen LogP contribution is 2.30. The molecule has 1 fully saturated rings. The van der Waals surface area contributed by atoms with Crippen molar-refractivity contribution in [2.75, 3.05) is 5.32 Å². The van der Waals surface area contributed by atoms with Crippen molar-refractivity contribution in [3.8, 4) is 11.3 Å². The average Bonchev–Trinajstić information content (AvgIpc) is 3.53. The second-order valence-corrected chi connectivity index (χ2v) is 7.31. The SMILES string of the molecule is CCCC(=O)c1cc(C)c(-c2cc3cnc(NC(=O)C4CC4)cc3cn2)cn1. The number of amides is 1. The molecule has 0 spiro atoms. The molecule has 4 rings (SSSR count). The number of pyridine rings is 3. The molecular weight excluding hydrogens is 352 g/mol. The van der Waals surface area contributed by atoms with Gasteiger partial charge in [0.1, 0.15) is 11.5 Å². The van der Waals surface area contributed by atoms with Gasteiger partial charge in [-0.25, -0.2) is 4.98 Å². The molecule has 1 N–H and O–H groups in total. The standard InChI is InChI=1S/C22H22N4O2/c1-3-4-20(27)19-7-13(2)17(12-24-19)18-8-15-11-25-21(9-16(15)10-23-18)26-22(28)14-5-6-14/h7-12,14H,3-6H2,1-2H3,(H,25,26,28). The molecule has 142 valence electrons. The number of nitrogens with one attached hydrogen (secondary N) is 1. The van der Waals surface area contributed by atoms with E-state index in [1.54, 1.807) is 18.6 Å². The third kappa shape index (κ3) is 3.76. The normalized spacial score (nSPS) is 13.5. The largest absolute Gasteiger partial charge is 0.310 e. The minimum Gasteiger partial charge on any atom is -0.310 e. The quantitative estimate of drug-likeness (QED) is 0.649. The number of carbonyl (C=O) groups is 2. The van der Waals surface area contributed by atoms with Crippen LogP contribution in [0.2, 0.25) is 0 Å². The smallest absolute Gasteiger partial charge is 0.228 e. The third-order valence-electron chi connectivity index (χ3n) is 4.95. The first-order chi connectivity index (χ1) is 13.5. The first kappa shape index (κ1) is 18.2. The predicted molar refractivity (Wildman–Crippen MR) is 108 cm³/mol. The molecule has 28 heavy (non-hydrogen) atoms. The predicted octanol–water partition coefficient (Wildman–Crippen LogP) is 4.33. The zero-order valence-corrected chi connectivity index (χ0v) is 16.0. The fourth-order valence-corrected chi connectivity index (χ4v) is 3.16. The Bertz CT molecular complexity index is 1070. The number of anilines is 1. The molecule has 0 radical (unpaired) electrons. The minimum absolute atomic E-state index is 0.0378. The Labute approximate surface area is 163 Å². The lowest BCUT2D eigenvalue weighted by molar-refractivity contribution is -0.117. The summed E-state index contributed by atoms with van der Waals surface area (Å²) in [5, 5.41) is 4.70. The van der Waals surface area contributed by atoms with Crippen LogP contribution in [0.5, 0.6) is 0 Å².